The number of nitrogens with one attached hydrogen (secondary N) is 1. The molecule has 2 aromatic rings. The molecule has 0 saturated carbocycles. The highest BCUT2D eigenvalue weighted by Gasteiger charge is 2.28. The SMILES string of the molecule is CCC(C)NC(=O)C(C)N(Cc1ccc(F)cc1)C(=O)Cc1c(F)cccc1Cl. The molecule has 0 radical (unpaired) electrons. The van der Waals surface area contributed by atoms with Crippen LogP contribution in [-0.4, -0.2) is 28.8 Å². The molecule has 7 heteroatoms. The number of benzene rings is 2. The average Bonchev–Trinajstić information content (AvgIpc) is 2.69. The molecular weight excluding hydrogens is 398 g/mol. The van der Waals surface area contributed by atoms with Crippen molar-refractivity contribution in [1.82, 2.24) is 10.2 Å². The fourth-order valence-corrected chi connectivity index (χ4v) is 3.02. The monoisotopic (exact) mass is 422 g/mol. The summed E-state index contributed by atoms with van der Waals surface area (Å²) in [7, 11) is 0. The van der Waals surface area contributed by atoms with Crippen molar-refractivity contribution < 1.29 is 18.4 Å². The van der Waals surface area contributed by atoms with Crippen LogP contribution in [0.5, 0.6) is 0 Å². The third kappa shape index (κ3) is 6.26. The lowest BCUT2D eigenvalue weighted by atomic mass is 10.1. The van der Waals surface area contributed by atoms with E-state index >= 15 is 0 Å². The first kappa shape index (κ1) is 22.8. The third-order valence-corrected chi connectivity index (χ3v) is 5.18. The van der Waals surface area contributed by atoms with Gasteiger partial charge in [-0.3, -0.25) is 9.59 Å². The Morgan fingerprint density at radius 1 is 1.10 bits per heavy atom. The zero-order valence-electron chi connectivity index (χ0n) is 16.7. The van der Waals surface area contributed by atoms with E-state index in [4.69, 9.17) is 11.6 Å². The second kappa shape index (κ2) is 10.3. The average molecular weight is 423 g/mol. The van der Waals surface area contributed by atoms with Crippen LogP contribution in [0.25, 0.3) is 0 Å². The van der Waals surface area contributed by atoms with Crippen LogP contribution in [0.2, 0.25) is 5.02 Å². The zero-order chi connectivity index (χ0) is 21.6. The molecule has 0 fully saturated rings. The van der Waals surface area contributed by atoms with Crippen molar-refractivity contribution in [2.45, 2.75) is 52.2 Å². The zero-order valence-corrected chi connectivity index (χ0v) is 17.5. The van der Waals surface area contributed by atoms with E-state index in [0.29, 0.717) is 5.56 Å². The fourth-order valence-electron chi connectivity index (χ4n) is 2.79. The molecule has 2 unspecified atom stereocenters. The lowest BCUT2D eigenvalue weighted by molar-refractivity contribution is -0.140. The number of hydrogen-bond donors (Lipinski definition) is 1. The van der Waals surface area contributed by atoms with E-state index in [-0.39, 0.29) is 35.5 Å². The van der Waals surface area contributed by atoms with Crippen LogP contribution in [0.15, 0.2) is 42.5 Å². The first-order valence-electron chi connectivity index (χ1n) is 9.50. The molecule has 0 aliphatic carbocycles. The molecular formula is C22H25ClF2N2O2. The molecule has 2 aromatic carbocycles. The normalized spacial score (nSPS) is 12.9. The molecule has 0 aliphatic rings. The summed E-state index contributed by atoms with van der Waals surface area (Å²) in [6.45, 7) is 5.51. The Balaban J connectivity index is 2.28. The van der Waals surface area contributed by atoms with Gasteiger partial charge in [-0.1, -0.05) is 36.7 Å². The Labute approximate surface area is 174 Å². The van der Waals surface area contributed by atoms with Crippen LogP contribution in [0.1, 0.15) is 38.3 Å². The van der Waals surface area contributed by atoms with Gasteiger partial charge >= 0.3 is 0 Å². The standard InChI is InChI=1S/C22H25ClF2N2O2/c1-4-14(2)26-22(29)15(3)27(13-16-8-10-17(24)11-9-16)21(28)12-18-19(23)6-5-7-20(18)25/h5-11,14-15H,4,12-13H2,1-3H3,(H,26,29). The Morgan fingerprint density at radius 3 is 2.34 bits per heavy atom. The van der Waals surface area contributed by atoms with Gasteiger partial charge in [0.2, 0.25) is 11.8 Å². The van der Waals surface area contributed by atoms with E-state index in [2.05, 4.69) is 5.32 Å². The largest absolute Gasteiger partial charge is 0.352 e. The summed E-state index contributed by atoms with van der Waals surface area (Å²) in [6.07, 6.45) is 0.461. The van der Waals surface area contributed by atoms with Gasteiger partial charge in [0.05, 0.1) is 6.42 Å². The number of hydrogen-bond acceptors (Lipinski definition) is 2. The minimum Gasteiger partial charge on any atom is -0.352 e. The van der Waals surface area contributed by atoms with E-state index < -0.39 is 23.6 Å². The fraction of sp³-hybridized carbons (Fsp3) is 0.364. The minimum absolute atomic E-state index is 0.0475. The van der Waals surface area contributed by atoms with Gasteiger partial charge in [-0.15, -0.1) is 0 Å². The van der Waals surface area contributed by atoms with Gasteiger partial charge in [0.25, 0.3) is 0 Å². The van der Waals surface area contributed by atoms with Crippen molar-refractivity contribution in [3.8, 4) is 0 Å². The number of amides is 2. The molecule has 1 N–H and O–H groups in total. The smallest absolute Gasteiger partial charge is 0.242 e. The molecule has 0 bridgehead atoms. The second-order valence-electron chi connectivity index (χ2n) is 7.02. The van der Waals surface area contributed by atoms with Crippen molar-refractivity contribution in [3.63, 3.8) is 0 Å². The van der Waals surface area contributed by atoms with Crippen LogP contribution < -0.4 is 5.32 Å². The van der Waals surface area contributed by atoms with Gasteiger partial charge in [-0.25, -0.2) is 8.78 Å². The molecule has 0 aromatic heterocycles. The molecule has 156 valence electrons. The summed E-state index contributed by atoms with van der Waals surface area (Å²) in [5, 5.41) is 3.00. The molecule has 0 saturated heterocycles. The first-order chi connectivity index (χ1) is 13.7. The third-order valence-electron chi connectivity index (χ3n) is 4.82. The van der Waals surface area contributed by atoms with Crippen molar-refractivity contribution in [1.29, 1.82) is 0 Å². The number of rotatable bonds is 8. The van der Waals surface area contributed by atoms with Crippen LogP contribution in [0, 0.1) is 11.6 Å². The summed E-state index contributed by atoms with van der Waals surface area (Å²) in [5.41, 5.74) is 0.736. The van der Waals surface area contributed by atoms with E-state index in [0.717, 1.165) is 6.42 Å². The highest BCUT2D eigenvalue weighted by molar-refractivity contribution is 6.31. The van der Waals surface area contributed by atoms with E-state index in [1.165, 1.54) is 35.2 Å². The Morgan fingerprint density at radius 2 is 1.76 bits per heavy atom. The van der Waals surface area contributed by atoms with Gasteiger partial charge in [0.15, 0.2) is 0 Å². The van der Waals surface area contributed by atoms with Crippen LogP contribution in [0.4, 0.5) is 8.78 Å². The van der Waals surface area contributed by atoms with E-state index in [9.17, 15) is 18.4 Å². The number of nitrogens with zero attached hydrogens (tertiary/aromatic N) is 1. The van der Waals surface area contributed by atoms with Crippen LogP contribution in [-0.2, 0) is 22.6 Å². The van der Waals surface area contributed by atoms with Crippen molar-refractivity contribution >= 4 is 23.4 Å². The van der Waals surface area contributed by atoms with Gasteiger partial charge in [-0.2, -0.15) is 0 Å². The van der Waals surface area contributed by atoms with Crippen LogP contribution >= 0.6 is 11.6 Å². The second-order valence-corrected chi connectivity index (χ2v) is 7.43. The van der Waals surface area contributed by atoms with Gasteiger partial charge < -0.3 is 10.2 Å². The van der Waals surface area contributed by atoms with Crippen molar-refractivity contribution in [2.24, 2.45) is 0 Å². The summed E-state index contributed by atoms with van der Waals surface area (Å²) < 4.78 is 27.4. The molecule has 0 aliphatic heterocycles. The molecule has 2 amide bonds. The first-order valence-corrected chi connectivity index (χ1v) is 9.87. The summed E-state index contributed by atoms with van der Waals surface area (Å²) >= 11 is 6.05. The molecule has 2 rings (SSSR count). The maximum atomic E-state index is 14.1. The van der Waals surface area contributed by atoms with Gasteiger partial charge in [0.1, 0.15) is 17.7 Å². The van der Waals surface area contributed by atoms with Gasteiger partial charge in [0, 0.05) is 23.2 Å². The Kier molecular flexibility index (Phi) is 8.14. The molecule has 29 heavy (non-hydrogen) atoms. The number of halogens is 3. The molecule has 2 atom stereocenters. The van der Waals surface area contributed by atoms with E-state index in [1.54, 1.807) is 19.1 Å². The summed E-state index contributed by atoms with van der Waals surface area (Å²) in [5.74, 6) is -1.74. The topological polar surface area (TPSA) is 49.4 Å². The van der Waals surface area contributed by atoms with Crippen molar-refractivity contribution in [2.75, 3.05) is 0 Å². The predicted molar refractivity (Wildman–Crippen MR) is 109 cm³/mol. The lowest BCUT2D eigenvalue weighted by Gasteiger charge is -2.30. The maximum absolute atomic E-state index is 14.1. The maximum Gasteiger partial charge on any atom is 0.242 e. The van der Waals surface area contributed by atoms with Crippen LogP contribution in [0.3, 0.4) is 0 Å². The van der Waals surface area contributed by atoms with E-state index in [1.807, 2.05) is 13.8 Å². The quantitative estimate of drug-likeness (QED) is 0.681. The highest BCUT2D eigenvalue weighted by atomic mass is 35.5. The predicted octanol–water partition coefficient (Wildman–Crippen LogP) is 4.49. The molecule has 0 heterocycles. The molecule has 4 nitrogen and oxygen atoms in total. The Hall–Kier alpha value is -2.47. The minimum atomic E-state index is -0.799. The highest BCUT2D eigenvalue weighted by Crippen LogP contribution is 2.21. The number of carbonyl (C=O) groups is 2. The Bertz CT molecular complexity index is 838. The summed E-state index contributed by atoms with van der Waals surface area (Å²) in [6, 6.07) is 9.03. The van der Waals surface area contributed by atoms with Gasteiger partial charge in [-0.05, 0) is 50.1 Å². The summed E-state index contributed by atoms with van der Waals surface area (Å²) in [4.78, 5) is 27.0. The number of carbonyl (C=O) groups excluding carboxylic acids is 2. The van der Waals surface area contributed by atoms with Crippen molar-refractivity contribution in [3.05, 3.63) is 70.2 Å². The molecule has 0 spiro atoms. The lowest BCUT2D eigenvalue weighted by Crippen LogP contribution is -2.50.